The smallest absolute Gasteiger partial charge is 0.0405 e. The number of anilines is 1. The molecule has 1 aliphatic rings. The molecule has 2 nitrogen and oxygen atoms in total. The van der Waals surface area contributed by atoms with Crippen molar-refractivity contribution >= 4 is 23.6 Å². The maximum absolute atomic E-state index is 8.40. The van der Waals surface area contributed by atoms with E-state index in [0.717, 1.165) is 5.56 Å². The summed E-state index contributed by atoms with van der Waals surface area (Å²) in [5.41, 5.74) is 9.72. The van der Waals surface area contributed by atoms with Gasteiger partial charge in [-0.25, -0.2) is 0 Å². The van der Waals surface area contributed by atoms with Crippen molar-refractivity contribution in [1.29, 1.82) is 5.41 Å². The number of fused-ring (bicyclic) bond motifs is 1. The maximum Gasteiger partial charge on any atom is 0.0405 e. The standard InChI is InChI=1S/C28H30N2/c1-28(2,3)27-24(18-29)22(15-16-25(27)30(4)5)26-21-14-10-9-13-20(21)17-23(26)19-11-7-6-8-12-19/h6-18,26,29H,1-5H3. The molecule has 0 aromatic heterocycles. The van der Waals surface area contributed by atoms with Crippen LogP contribution in [0, 0.1) is 5.41 Å². The molecule has 0 heterocycles. The van der Waals surface area contributed by atoms with E-state index in [1.54, 1.807) is 6.21 Å². The maximum atomic E-state index is 8.40. The van der Waals surface area contributed by atoms with Crippen molar-refractivity contribution in [3.63, 3.8) is 0 Å². The normalized spacial score (nSPS) is 15.5. The largest absolute Gasteiger partial charge is 0.377 e. The number of hydrogen-bond acceptors (Lipinski definition) is 2. The van der Waals surface area contributed by atoms with Gasteiger partial charge < -0.3 is 10.3 Å². The van der Waals surface area contributed by atoms with Crippen molar-refractivity contribution in [3.8, 4) is 0 Å². The molecule has 0 spiro atoms. The van der Waals surface area contributed by atoms with Gasteiger partial charge in [-0.2, -0.15) is 0 Å². The molecular weight excluding hydrogens is 364 g/mol. The van der Waals surface area contributed by atoms with Gasteiger partial charge in [-0.15, -0.1) is 0 Å². The lowest BCUT2D eigenvalue weighted by atomic mass is 9.76. The van der Waals surface area contributed by atoms with E-state index in [-0.39, 0.29) is 11.3 Å². The summed E-state index contributed by atoms with van der Waals surface area (Å²) >= 11 is 0. The lowest BCUT2D eigenvalue weighted by molar-refractivity contribution is 0.588. The predicted octanol–water partition coefficient (Wildman–Crippen LogP) is 6.73. The molecule has 30 heavy (non-hydrogen) atoms. The first-order chi connectivity index (χ1) is 14.3. The van der Waals surface area contributed by atoms with Crippen LogP contribution in [0.3, 0.4) is 0 Å². The van der Waals surface area contributed by atoms with Gasteiger partial charge in [-0.1, -0.05) is 81.4 Å². The van der Waals surface area contributed by atoms with Gasteiger partial charge in [0.05, 0.1) is 0 Å². The Kier molecular flexibility index (Phi) is 5.11. The minimum Gasteiger partial charge on any atom is -0.377 e. The van der Waals surface area contributed by atoms with Crippen molar-refractivity contribution in [1.82, 2.24) is 0 Å². The summed E-state index contributed by atoms with van der Waals surface area (Å²) in [6, 6.07) is 23.8. The molecule has 3 aromatic carbocycles. The van der Waals surface area contributed by atoms with Crippen LogP contribution < -0.4 is 4.90 Å². The number of nitrogens with zero attached hydrogens (tertiary/aromatic N) is 1. The molecule has 0 aliphatic heterocycles. The minimum atomic E-state index is -0.0722. The summed E-state index contributed by atoms with van der Waals surface area (Å²) in [6.45, 7) is 6.72. The molecule has 0 fully saturated rings. The third kappa shape index (κ3) is 3.37. The van der Waals surface area contributed by atoms with Gasteiger partial charge >= 0.3 is 0 Å². The van der Waals surface area contributed by atoms with Crippen LogP contribution in [0.4, 0.5) is 5.69 Å². The molecule has 4 rings (SSSR count). The van der Waals surface area contributed by atoms with Gasteiger partial charge in [-0.05, 0) is 50.9 Å². The van der Waals surface area contributed by atoms with Crippen LogP contribution in [-0.4, -0.2) is 20.3 Å². The molecule has 0 amide bonds. The fourth-order valence-corrected chi connectivity index (χ4v) is 4.73. The van der Waals surface area contributed by atoms with Crippen molar-refractivity contribution in [2.75, 3.05) is 19.0 Å². The lowest BCUT2D eigenvalue weighted by Crippen LogP contribution is -2.23. The first-order valence-electron chi connectivity index (χ1n) is 10.5. The summed E-state index contributed by atoms with van der Waals surface area (Å²) in [5, 5.41) is 8.40. The Balaban J connectivity index is 2.01. The summed E-state index contributed by atoms with van der Waals surface area (Å²) in [5.74, 6) is 0.123. The van der Waals surface area contributed by atoms with E-state index < -0.39 is 0 Å². The first kappa shape index (κ1) is 20.2. The molecule has 2 heteroatoms. The Morgan fingerprint density at radius 3 is 2.13 bits per heavy atom. The number of rotatable bonds is 4. The van der Waals surface area contributed by atoms with Crippen molar-refractivity contribution in [3.05, 3.63) is 100 Å². The number of hydrogen-bond donors (Lipinski definition) is 1. The quantitative estimate of drug-likeness (QED) is 0.488. The molecule has 1 unspecified atom stereocenters. The zero-order chi connectivity index (χ0) is 21.5. The highest BCUT2D eigenvalue weighted by atomic mass is 15.1. The second-order valence-corrected chi connectivity index (χ2v) is 9.28. The van der Waals surface area contributed by atoms with E-state index in [2.05, 4.69) is 113 Å². The Morgan fingerprint density at radius 1 is 0.833 bits per heavy atom. The molecule has 3 aromatic rings. The average molecular weight is 395 g/mol. The highest BCUT2D eigenvalue weighted by Crippen LogP contribution is 2.48. The average Bonchev–Trinajstić information content (AvgIpc) is 3.12. The van der Waals surface area contributed by atoms with Crippen LogP contribution in [0.1, 0.15) is 60.1 Å². The Bertz CT molecular complexity index is 1120. The molecular formula is C28H30N2. The Labute approximate surface area is 180 Å². The van der Waals surface area contributed by atoms with Gasteiger partial charge in [0, 0.05) is 37.5 Å². The fraction of sp³-hybridized carbons (Fsp3) is 0.250. The zero-order valence-corrected chi connectivity index (χ0v) is 18.5. The Morgan fingerprint density at radius 2 is 1.50 bits per heavy atom. The van der Waals surface area contributed by atoms with E-state index in [9.17, 15) is 0 Å². The third-order valence-corrected chi connectivity index (χ3v) is 5.98. The van der Waals surface area contributed by atoms with Crippen LogP contribution in [0.5, 0.6) is 0 Å². The van der Waals surface area contributed by atoms with Gasteiger partial charge in [0.25, 0.3) is 0 Å². The van der Waals surface area contributed by atoms with Crippen molar-refractivity contribution < 1.29 is 0 Å². The highest BCUT2D eigenvalue weighted by Gasteiger charge is 2.32. The van der Waals surface area contributed by atoms with Crippen LogP contribution in [0.15, 0.2) is 66.7 Å². The van der Waals surface area contributed by atoms with Gasteiger partial charge in [0.1, 0.15) is 0 Å². The van der Waals surface area contributed by atoms with Crippen LogP contribution in [0.2, 0.25) is 0 Å². The second-order valence-electron chi connectivity index (χ2n) is 9.28. The molecule has 0 saturated heterocycles. The summed E-state index contributed by atoms with van der Waals surface area (Å²) in [7, 11) is 4.16. The molecule has 1 aliphatic carbocycles. The molecule has 0 saturated carbocycles. The molecule has 1 atom stereocenters. The van der Waals surface area contributed by atoms with E-state index in [1.165, 1.54) is 39.1 Å². The third-order valence-electron chi connectivity index (χ3n) is 5.98. The summed E-state index contributed by atoms with van der Waals surface area (Å²) in [4.78, 5) is 2.16. The first-order valence-corrected chi connectivity index (χ1v) is 10.5. The minimum absolute atomic E-state index is 0.0722. The van der Waals surface area contributed by atoms with Crippen molar-refractivity contribution in [2.45, 2.75) is 32.1 Å². The van der Waals surface area contributed by atoms with E-state index in [0.29, 0.717) is 0 Å². The fourth-order valence-electron chi connectivity index (χ4n) is 4.73. The molecule has 0 radical (unpaired) electrons. The number of nitrogens with one attached hydrogen (secondary N) is 1. The van der Waals surface area contributed by atoms with Crippen LogP contribution in [-0.2, 0) is 5.41 Å². The monoisotopic (exact) mass is 394 g/mol. The SMILES string of the molecule is CN(C)c1ccc(C2C(c3ccccc3)=Cc3ccccc32)c(C=N)c1C(C)(C)C. The van der Waals surface area contributed by atoms with E-state index >= 15 is 0 Å². The molecule has 0 bridgehead atoms. The Hall–Kier alpha value is -3.13. The molecule has 152 valence electrons. The van der Waals surface area contributed by atoms with Crippen LogP contribution in [0.25, 0.3) is 11.6 Å². The van der Waals surface area contributed by atoms with Crippen molar-refractivity contribution in [2.24, 2.45) is 0 Å². The number of allylic oxidation sites excluding steroid dienone is 1. The topological polar surface area (TPSA) is 27.1 Å². The van der Waals surface area contributed by atoms with Gasteiger partial charge in [-0.3, -0.25) is 0 Å². The lowest BCUT2D eigenvalue weighted by Gasteiger charge is -2.31. The van der Waals surface area contributed by atoms with Gasteiger partial charge in [0.15, 0.2) is 0 Å². The summed E-state index contributed by atoms with van der Waals surface area (Å²) in [6.07, 6.45) is 3.88. The van der Waals surface area contributed by atoms with E-state index in [4.69, 9.17) is 5.41 Å². The zero-order valence-electron chi connectivity index (χ0n) is 18.5. The van der Waals surface area contributed by atoms with Crippen LogP contribution >= 0.6 is 0 Å². The predicted molar refractivity (Wildman–Crippen MR) is 130 cm³/mol. The second kappa shape index (κ2) is 7.60. The number of benzene rings is 3. The highest BCUT2D eigenvalue weighted by molar-refractivity contribution is 5.96. The van der Waals surface area contributed by atoms with Gasteiger partial charge in [0.2, 0.25) is 0 Å². The summed E-state index contributed by atoms with van der Waals surface area (Å²) < 4.78 is 0. The molecule has 1 N–H and O–H groups in total. The van der Waals surface area contributed by atoms with E-state index in [1.807, 2.05) is 0 Å².